The molecule has 2 saturated heterocycles. The van der Waals surface area contributed by atoms with E-state index in [2.05, 4.69) is 10.6 Å². The van der Waals surface area contributed by atoms with Crippen molar-refractivity contribution < 1.29 is 23.7 Å². The average Bonchev–Trinajstić information content (AvgIpc) is 2.79. The first-order valence-electron chi connectivity index (χ1n) is 11.4. The van der Waals surface area contributed by atoms with E-state index in [0.29, 0.717) is 12.8 Å². The number of urea groups is 1. The van der Waals surface area contributed by atoms with E-state index < -0.39 is 17.1 Å². The lowest BCUT2D eigenvalue weighted by Gasteiger charge is -2.53. The largest absolute Gasteiger partial charge is 0.457 e. The fourth-order valence-electron chi connectivity index (χ4n) is 5.10. The molecule has 9 heteroatoms. The molecule has 8 nitrogen and oxygen atoms in total. The molecule has 4 amide bonds. The van der Waals surface area contributed by atoms with Crippen molar-refractivity contribution in [2.45, 2.75) is 116 Å². The minimum Gasteiger partial charge on any atom is -0.403 e. The Hall–Kier alpha value is -1.61. The van der Waals surface area contributed by atoms with E-state index in [1.54, 1.807) is 0 Å². The number of fused-ring (bicyclic) bond motifs is 1. The molecule has 2 N–H and O–H groups in total. The van der Waals surface area contributed by atoms with Gasteiger partial charge in [0.1, 0.15) is 5.54 Å². The zero-order chi connectivity index (χ0) is 23.4. The smallest absolute Gasteiger partial charge is 0.403 e. The molecule has 3 fully saturated rings. The monoisotopic (exact) mass is 435 g/mol. The molecule has 0 bridgehead atoms. The van der Waals surface area contributed by atoms with E-state index in [1.165, 1.54) is 11.8 Å². The Kier molecular flexibility index (Phi) is 6.02. The van der Waals surface area contributed by atoms with E-state index in [-0.39, 0.29) is 42.1 Å². The molecule has 3 rings (SSSR count). The molecule has 2 aliphatic heterocycles. The Bertz CT molecular complexity index is 747. The standard InChI is InChI=1S/C22H38BN3O5/c1-14(27)25-22-13-15(11-12-23-30-20(5,6)21(7,8)31-23)9-10-16(22)24-18(29)26(17(22)28)19(2,3)4/h15-16H,9-13H2,1-8H3,(H,24,29)(H,25,27)/t15?,16?,22-/m1/s1. The lowest BCUT2D eigenvalue weighted by atomic mass is 9.66. The van der Waals surface area contributed by atoms with Gasteiger partial charge in [0.25, 0.3) is 5.91 Å². The van der Waals surface area contributed by atoms with Crippen LogP contribution >= 0.6 is 0 Å². The Labute approximate surface area is 186 Å². The topological polar surface area (TPSA) is 97.0 Å². The summed E-state index contributed by atoms with van der Waals surface area (Å²) < 4.78 is 12.2. The molecule has 1 saturated carbocycles. The second kappa shape index (κ2) is 7.76. The molecule has 0 aromatic heterocycles. The van der Waals surface area contributed by atoms with Gasteiger partial charge in [-0.2, -0.15) is 0 Å². The third-order valence-corrected chi connectivity index (χ3v) is 7.34. The van der Waals surface area contributed by atoms with Crippen LogP contribution in [0.15, 0.2) is 0 Å². The van der Waals surface area contributed by atoms with Gasteiger partial charge in [0.15, 0.2) is 0 Å². The van der Waals surface area contributed by atoms with Gasteiger partial charge in [0, 0.05) is 12.5 Å². The van der Waals surface area contributed by atoms with Crippen LogP contribution < -0.4 is 10.6 Å². The summed E-state index contributed by atoms with van der Waals surface area (Å²) in [6, 6.07) is -0.790. The maximum Gasteiger partial charge on any atom is 0.457 e. The summed E-state index contributed by atoms with van der Waals surface area (Å²) in [5.74, 6) is -0.373. The Morgan fingerprint density at radius 3 is 2.26 bits per heavy atom. The van der Waals surface area contributed by atoms with Crippen LogP contribution in [0, 0.1) is 5.92 Å². The predicted molar refractivity (Wildman–Crippen MR) is 118 cm³/mol. The van der Waals surface area contributed by atoms with Crippen LogP contribution in [-0.4, -0.2) is 58.2 Å². The first-order valence-corrected chi connectivity index (χ1v) is 11.4. The van der Waals surface area contributed by atoms with Crippen LogP contribution in [0.1, 0.15) is 81.1 Å². The highest BCUT2D eigenvalue weighted by atomic mass is 16.7. The number of imide groups is 1. The Morgan fingerprint density at radius 2 is 1.74 bits per heavy atom. The van der Waals surface area contributed by atoms with Gasteiger partial charge in [-0.05, 0) is 80.0 Å². The normalized spacial score (nSPS) is 32.5. The van der Waals surface area contributed by atoms with Gasteiger partial charge in [-0.1, -0.05) is 6.42 Å². The Morgan fingerprint density at radius 1 is 1.16 bits per heavy atom. The van der Waals surface area contributed by atoms with Crippen LogP contribution in [0.25, 0.3) is 0 Å². The summed E-state index contributed by atoms with van der Waals surface area (Å²) in [4.78, 5) is 39.7. The summed E-state index contributed by atoms with van der Waals surface area (Å²) >= 11 is 0. The molecule has 1 aliphatic carbocycles. The Balaban J connectivity index is 1.77. The lowest BCUT2D eigenvalue weighted by Crippen LogP contribution is -2.79. The molecular weight excluding hydrogens is 397 g/mol. The highest BCUT2D eigenvalue weighted by Gasteiger charge is 2.59. The van der Waals surface area contributed by atoms with Crippen molar-refractivity contribution in [3.8, 4) is 0 Å². The van der Waals surface area contributed by atoms with E-state index in [1.807, 2.05) is 48.5 Å². The van der Waals surface area contributed by atoms with Crippen molar-refractivity contribution in [1.29, 1.82) is 0 Å². The van der Waals surface area contributed by atoms with Crippen LogP contribution in [-0.2, 0) is 18.9 Å². The van der Waals surface area contributed by atoms with Gasteiger partial charge in [0.2, 0.25) is 5.91 Å². The number of carbonyl (C=O) groups excluding carboxylic acids is 3. The van der Waals surface area contributed by atoms with E-state index >= 15 is 0 Å². The molecule has 0 aromatic carbocycles. The fourth-order valence-corrected chi connectivity index (χ4v) is 5.10. The zero-order valence-electron chi connectivity index (χ0n) is 20.3. The summed E-state index contributed by atoms with van der Waals surface area (Å²) in [5, 5.41) is 5.94. The van der Waals surface area contributed by atoms with E-state index in [4.69, 9.17) is 9.31 Å². The molecule has 3 aliphatic rings. The minimum atomic E-state index is -1.12. The fraction of sp³-hybridized carbons (Fsp3) is 0.864. The summed E-state index contributed by atoms with van der Waals surface area (Å²) in [6.07, 6.45) is 3.55. The number of hydrogen-bond donors (Lipinski definition) is 2. The van der Waals surface area contributed by atoms with Gasteiger partial charge in [-0.15, -0.1) is 0 Å². The first-order chi connectivity index (χ1) is 14.1. The SMILES string of the molecule is CC(=O)N[C@]12CC(CCB3OC(C)(C)C(C)(C)O3)CCC1NC(=O)N(C(C)(C)C)C2=O. The molecule has 174 valence electrons. The van der Waals surface area contributed by atoms with Crippen molar-refractivity contribution >= 4 is 25.0 Å². The number of nitrogens with zero attached hydrogens (tertiary/aromatic N) is 1. The number of rotatable bonds is 4. The third kappa shape index (κ3) is 4.36. The maximum atomic E-state index is 13.7. The van der Waals surface area contributed by atoms with Crippen LogP contribution in [0.4, 0.5) is 4.79 Å². The van der Waals surface area contributed by atoms with Crippen molar-refractivity contribution in [1.82, 2.24) is 15.5 Å². The van der Waals surface area contributed by atoms with E-state index in [9.17, 15) is 14.4 Å². The second-order valence-corrected chi connectivity index (χ2v) is 11.4. The molecule has 0 aromatic rings. The maximum absolute atomic E-state index is 13.7. The van der Waals surface area contributed by atoms with Gasteiger partial charge < -0.3 is 19.9 Å². The minimum absolute atomic E-state index is 0.211. The molecule has 3 atom stereocenters. The highest BCUT2D eigenvalue weighted by molar-refractivity contribution is 6.45. The zero-order valence-corrected chi connectivity index (χ0v) is 20.3. The van der Waals surface area contributed by atoms with Gasteiger partial charge in [0.05, 0.1) is 17.2 Å². The van der Waals surface area contributed by atoms with Gasteiger partial charge >= 0.3 is 13.1 Å². The molecule has 0 radical (unpaired) electrons. The second-order valence-electron chi connectivity index (χ2n) is 11.4. The van der Waals surface area contributed by atoms with Gasteiger partial charge in [-0.3, -0.25) is 14.5 Å². The van der Waals surface area contributed by atoms with Crippen molar-refractivity contribution in [2.75, 3.05) is 0 Å². The summed E-state index contributed by atoms with van der Waals surface area (Å²) in [6.45, 7) is 15.0. The molecule has 2 heterocycles. The van der Waals surface area contributed by atoms with Crippen LogP contribution in [0.3, 0.4) is 0 Å². The number of hydrogen-bond acceptors (Lipinski definition) is 5. The predicted octanol–water partition coefficient (Wildman–Crippen LogP) is 2.86. The summed E-state index contributed by atoms with van der Waals surface area (Å²) in [7, 11) is -0.285. The number of amides is 4. The number of carbonyl (C=O) groups is 3. The quantitative estimate of drug-likeness (QED) is 0.662. The highest BCUT2D eigenvalue weighted by Crippen LogP contribution is 2.42. The van der Waals surface area contributed by atoms with Crippen LogP contribution in [0.2, 0.25) is 6.32 Å². The first kappa shape index (κ1) is 24.0. The lowest BCUT2D eigenvalue weighted by molar-refractivity contribution is -0.149. The molecule has 0 spiro atoms. The molecule has 2 unspecified atom stereocenters. The number of nitrogens with one attached hydrogen (secondary N) is 2. The van der Waals surface area contributed by atoms with Crippen molar-refractivity contribution in [3.05, 3.63) is 0 Å². The molecule has 31 heavy (non-hydrogen) atoms. The van der Waals surface area contributed by atoms with Gasteiger partial charge in [-0.25, -0.2) is 4.79 Å². The summed E-state index contributed by atoms with van der Waals surface area (Å²) in [5.41, 5.74) is -2.55. The van der Waals surface area contributed by atoms with E-state index in [0.717, 1.165) is 19.2 Å². The van der Waals surface area contributed by atoms with Crippen molar-refractivity contribution in [3.63, 3.8) is 0 Å². The van der Waals surface area contributed by atoms with Crippen molar-refractivity contribution in [2.24, 2.45) is 5.92 Å². The third-order valence-electron chi connectivity index (χ3n) is 7.34. The van der Waals surface area contributed by atoms with Crippen LogP contribution in [0.5, 0.6) is 0 Å². The average molecular weight is 435 g/mol. The molecular formula is C22H38BN3O5.